The van der Waals surface area contributed by atoms with Gasteiger partial charge in [0.2, 0.25) is 5.91 Å². The van der Waals surface area contributed by atoms with Crippen molar-refractivity contribution in [2.24, 2.45) is 5.92 Å². The zero-order valence-corrected chi connectivity index (χ0v) is 14.9. The van der Waals surface area contributed by atoms with E-state index in [9.17, 15) is 4.79 Å². The Bertz CT molecular complexity index is 573. The molecule has 6 heteroatoms. The predicted molar refractivity (Wildman–Crippen MR) is 92.5 cm³/mol. The van der Waals surface area contributed by atoms with E-state index < -0.39 is 0 Å². The summed E-state index contributed by atoms with van der Waals surface area (Å²) in [7, 11) is 0. The quantitative estimate of drug-likeness (QED) is 0.592. The van der Waals surface area contributed by atoms with Gasteiger partial charge in [-0.3, -0.25) is 4.79 Å². The van der Waals surface area contributed by atoms with Gasteiger partial charge in [0.05, 0.1) is 5.25 Å². The number of nitrogens with zero attached hydrogens (tertiary/aromatic N) is 4. The van der Waals surface area contributed by atoms with Crippen LogP contribution in [0.5, 0.6) is 0 Å². The van der Waals surface area contributed by atoms with E-state index in [4.69, 9.17) is 0 Å². The minimum Gasteiger partial charge on any atom is -0.342 e. The summed E-state index contributed by atoms with van der Waals surface area (Å²) < 4.78 is 2.12. The Hall–Kier alpha value is -1.30. The highest BCUT2D eigenvalue weighted by Crippen LogP contribution is 2.40. The van der Waals surface area contributed by atoms with Crippen LogP contribution >= 0.6 is 11.8 Å². The van der Waals surface area contributed by atoms with E-state index >= 15 is 0 Å². The van der Waals surface area contributed by atoms with Crippen molar-refractivity contribution in [3.63, 3.8) is 0 Å². The smallest absolute Gasteiger partial charge is 0.235 e. The Morgan fingerprint density at radius 2 is 2.04 bits per heavy atom. The third-order valence-electron chi connectivity index (χ3n) is 4.72. The van der Waals surface area contributed by atoms with Crippen molar-refractivity contribution in [2.75, 3.05) is 13.1 Å². The normalized spacial score (nSPS) is 20.5. The maximum atomic E-state index is 12.7. The second-order valence-electron chi connectivity index (χ2n) is 6.78. The Kier molecular flexibility index (Phi) is 5.09. The molecule has 5 nitrogen and oxygen atoms in total. The van der Waals surface area contributed by atoms with E-state index in [1.807, 2.05) is 17.9 Å². The van der Waals surface area contributed by atoms with Crippen molar-refractivity contribution in [3.05, 3.63) is 18.5 Å². The molecule has 2 fully saturated rings. The fourth-order valence-corrected chi connectivity index (χ4v) is 3.98. The molecular weight excluding hydrogens is 308 g/mol. The highest BCUT2D eigenvalue weighted by atomic mass is 32.2. The molecule has 0 spiro atoms. The van der Waals surface area contributed by atoms with Crippen LogP contribution in [0.3, 0.4) is 0 Å². The highest BCUT2D eigenvalue weighted by molar-refractivity contribution is 8.00. The van der Waals surface area contributed by atoms with Gasteiger partial charge in [-0.05, 0) is 38.5 Å². The fraction of sp³-hybridized carbons (Fsp3) is 0.706. The first kappa shape index (κ1) is 16.6. The van der Waals surface area contributed by atoms with Gasteiger partial charge >= 0.3 is 0 Å². The maximum absolute atomic E-state index is 12.7. The summed E-state index contributed by atoms with van der Waals surface area (Å²) in [5, 5.41) is 9.41. The molecule has 1 saturated heterocycles. The van der Waals surface area contributed by atoms with Crippen LogP contribution in [0.4, 0.5) is 0 Å². The van der Waals surface area contributed by atoms with E-state index in [1.54, 1.807) is 0 Å². The number of hydrogen-bond acceptors (Lipinski definition) is 4. The van der Waals surface area contributed by atoms with Gasteiger partial charge in [0, 0.05) is 25.6 Å². The molecule has 126 valence electrons. The lowest BCUT2D eigenvalue weighted by molar-refractivity contribution is -0.131. The molecule has 0 N–H and O–H groups in total. The van der Waals surface area contributed by atoms with Crippen LogP contribution in [-0.4, -0.2) is 43.9 Å². The SMILES string of the molecule is C=CCn1c(SC(C)C(=O)N2CCC(C)CC2)nnc1C1CC1. The molecule has 2 heterocycles. The van der Waals surface area contributed by atoms with Gasteiger partial charge in [-0.2, -0.15) is 0 Å². The van der Waals surface area contributed by atoms with Crippen molar-refractivity contribution in [3.8, 4) is 0 Å². The van der Waals surface area contributed by atoms with Crippen molar-refractivity contribution < 1.29 is 4.79 Å². The van der Waals surface area contributed by atoms with Crippen molar-refractivity contribution in [2.45, 2.75) is 62.4 Å². The van der Waals surface area contributed by atoms with Gasteiger partial charge in [-0.25, -0.2) is 0 Å². The second kappa shape index (κ2) is 7.07. The topological polar surface area (TPSA) is 51.0 Å². The number of piperidine rings is 1. The van der Waals surface area contributed by atoms with Gasteiger partial charge < -0.3 is 9.47 Å². The number of aromatic nitrogens is 3. The van der Waals surface area contributed by atoms with Crippen molar-refractivity contribution in [1.29, 1.82) is 0 Å². The monoisotopic (exact) mass is 334 g/mol. The number of hydrogen-bond donors (Lipinski definition) is 0. The first-order chi connectivity index (χ1) is 11.1. The fourth-order valence-electron chi connectivity index (χ4n) is 3.03. The first-order valence-electron chi connectivity index (χ1n) is 8.59. The average molecular weight is 334 g/mol. The Morgan fingerprint density at radius 3 is 2.65 bits per heavy atom. The van der Waals surface area contributed by atoms with E-state index in [0.29, 0.717) is 12.5 Å². The van der Waals surface area contributed by atoms with E-state index in [2.05, 4.69) is 28.3 Å². The van der Waals surface area contributed by atoms with Crippen LogP contribution in [0.25, 0.3) is 0 Å². The average Bonchev–Trinajstić information content (AvgIpc) is 3.32. The summed E-state index contributed by atoms with van der Waals surface area (Å²) in [6.45, 7) is 10.6. The van der Waals surface area contributed by atoms with Gasteiger partial charge in [-0.15, -0.1) is 16.8 Å². The van der Waals surface area contributed by atoms with Crippen LogP contribution in [0.1, 0.15) is 51.3 Å². The summed E-state index contributed by atoms with van der Waals surface area (Å²) in [5.74, 6) is 2.56. The third-order valence-corrected chi connectivity index (χ3v) is 5.79. The molecule has 1 aliphatic heterocycles. The van der Waals surface area contributed by atoms with Crippen molar-refractivity contribution in [1.82, 2.24) is 19.7 Å². The summed E-state index contributed by atoms with van der Waals surface area (Å²) in [4.78, 5) is 14.7. The lowest BCUT2D eigenvalue weighted by Gasteiger charge is -2.31. The number of allylic oxidation sites excluding steroid dienone is 1. The van der Waals surface area contributed by atoms with E-state index in [-0.39, 0.29) is 11.2 Å². The molecule has 1 aromatic rings. The standard InChI is InChI=1S/C17H26N4OS/c1-4-9-21-15(14-5-6-14)18-19-17(21)23-13(3)16(22)20-10-7-12(2)8-11-20/h4,12-14H,1,5-11H2,2-3H3. The van der Waals surface area contributed by atoms with Crippen LogP contribution in [0, 0.1) is 5.92 Å². The largest absolute Gasteiger partial charge is 0.342 e. The number of amides is 1. The molecule has 1 aliphatic carbocycles. The van der Waals surface area contributed by atoms with Crippen LogP contribution < -0.4 is 0 Å². The van der Waals surface area contributed by atoms with Crippen LogP contribution in [0.2, 0.25) is 0 Å². The molecule has 23 heavy (non-hydrogen) atoms. The molecule has 1 aromatic heterocycles. The number of thioether (sulfide) groups is 1. The van der Waals surface area contributed by atoms with E-state index in [0.717, 1.165) is 42.8 Å². The van der Waals surface area contributed by atoms with Crippen molar-refractivity contribution >= 4 is 17.7 Å². The molecule has 1 unspecified atom stereocenters. The minimum absolute atomic E-state index is 0.122. The number of rotatable bonds is 6. The zero-order chi connectivity index (χ0) is 16.4. The number of carbonyl (C=O) groups excluding carboxylic acids is 1. The molecule has 0 radical (unpaired) electrons. The summed E-state index contributed by atoms with van der Waals surface area (Å²) in [5.41, 5.74) is 0. The minimum atomic E-state index is -0.122. The molecular formula is C17H26N4OS. The van der Waals surface area contributed by atoms with Gasteiger partial charge in [-0.1, -0.05) is 24.8 Å². The summed E-state index contributed by atoms with van der Waals surface area (Å²) >= 11 is 1.53. The molecule has 2 aliphatic rings. The number of carbonyl (C=O) groups is 1. The molecule has 1 amide bonds. The molecule has 0 bridgehead atoms. The van der Waals surface area contributed by atoms with Crippen LogP contribution in [-0.2, 0) is 11.3 Å². The Labute approximate surface area is 142 Å². The Balaban J connectivity index is 1.66. The number of likely N-dealkylation sites (tertiary alicyclic amines) is 1. The third kappa shape index (κ3) is 3.79. The first-order valence-corrected chi connectivity index (χ1v) is 9.47. The van der Waals surface area contributed by atoms with E-state index in [1.165, 1.54) is 24.6 Å². The highest BCUT2D eigenvalue weighted by Gasteiger charge is 2.31. The zero-order valence-electron chi connectivity index (χ0n) is 14.1. The van der Waals surface area contributed by atoms with Gasteiger partial charge in [0.25, 0.3) is 0 Å². The van der Waals surface area contributed by atoms with Crippen LogP contribution in [0.15, 0.2) is 17.8 Å². The van der Waals surface area contributed by atoms with Gasteiger partial charge in [0.15, 0.2) is 5.16 Å². The Morgan fingerprint density at radius 1 is 1.35 bits per heavy atom. The maximum Gasteiger partial charge on any atom is 0.235 e. The van der Waals surface area contributed by atoms with Gasteiger partial charge in [0.1, 0.15) is 5.82 Å². The molecule has 1 atom stereocenters. The summed E-state index contributed by atoms with van der Waals surface area (Å²) in [6.07, 6.45) is 6.49. The summed E-state index contributed by atoms with van der Waals surface area (Å²) in [6, 6.07) is 0. The lowest BCUT2D eigenvalue weighted by Crippen LogP contribution is -2.41. The second-order valence-corrected chi connectivity index (χ2v) is 8.09. The molecule has 0 aromatic carbocycles. The molecule has 3 rings (SSSR count). The lowest BCUT2D eigenvalue weighted by atomic mass is 9.99. The molecule has 1 saturated carbocycles. The predicted octanol–water partition coefficient (Wildman–Crippen LogP) is 3.08.